The molecule has 2 aromatic rings. The molecule has 0 aromatic heterocycles. The largest absolute Gasteiger partial charge is 0.374 e. The number of fused-ring (bicyclic) bond motifs is 1. The Bertz CT molecular complexity index is 622. The standard InChI is InChI=1S/C15H12Br3NO/c16-10-5-12(17)15(13(18)6-10)19-14-8-20-7-9-3-1-2-4-11(9)14/h1-6,14,19H,7-8H2. The van der Waals surface area contributed by atoms with Crippen molar-refractivity contribution in [3.05, 3.63) is 60.9 Å². The minimum Gasteiger partial charge on any atom is -0.374 e. The van der Waals surface area contributed by atoms with Gasteiger partial charge in [-0.1, -0.05) is 40.2 Å². The van der Waals surface area contributed by atoms with Gasteiger partial charge in [-0.15, -0.1) is 0 Å². The van der Waals surface area contributed by atoms with Gasteiger partial charge in [0.25, 0.3) is 0 Å². The van der Waals surface area contributed by atoms with Gasteiger partial charge in [0, 0.05) is 13.4 Å². The van der Waals surface area contributed by atoms with Crippen molar-refractivity contribution >= 4 is 53.5 Å². The number of nitrogens with one attached hydrogen (secondary N) is 1. The molecule has 1 N–H and O–H groups in total. The molecule has 2 nitrogen and oxygen atoms in total. The minimum absolute atomic E-state index is 0.161. The van der Waals surface area contributed by atoms with Crippen molar-refractivity contribution in [2.75, 3.05) is 11.9 Å². The van der Waals surface area contributed by atoms with Gasteiger partial charge in [-0.05, 0) is 55.1 Å². The Kier molecular flexibility index (Phi) is 4.50. The Morgan fingerprint density at radius 2 is 1.75 bits per heavy atom. The summed E-state index contributed by atoms with van der Waals surface area (Å²) in [6.07, 6.45) is 0. The molecule has 2 aromatic carbocycles. The van der Waals surface area contributed by atoms with E-state index < -0.39 is 0 Å². The van der Waals surface area contributed by atoms with Crippen LogP contribution in [0.1, 0.15) is 17.2 Å². The molecule has 0 saturated heterocycles. The Balaban J connectivity index is 1.94. The molecule has 1 aliphatic heterocycles. The lowest BCUT2D eigenvalue weighted by Crippen LogP contribution is -2.23. The summed E-state index contributed by atoms with van der Waals surface area (Å²) in [5.74, 6) is 0. The Morgan fingerprint density at radius 1 is 1.05 bits per heavy atom. The van der Waals surface area contributed by atoms with Crippen molar-refractivity contribution in [2.24, 2.45) is 0 Å². The highest BCUT2D eigenvalue weighted by Gasteiger charge is 2.21. The summed E-state index contributed by atoms with van der Waals surface area (Å²) in [6, 6.07) is 12.6. The van der Waals surface area contributed by atoms with Crippen LogP contribution in [0.2, 0.25) is 0 Å². The number of rotatable bonds is 2. The smallest absolute Gasteiger partial charge is 0.0752 e. The molecule has 1 heterocycles. The molecule has 0 bridgehead atoms. The van der Waals surface area contributed by atoms with Crippen molar-refractivity contribution in [3.8, 4) is 0 Å². The predicted molar refractivity (Wildman–Crippen MR) is 92.0 cm³/mol. The minimum atomic E-state index is 0.161. The highest BCUT2D eigenvalue weighted by molar-refractivity contribution is 9.11. The average Bonchev–Trinajstić information content (AvgIpc) is 2.43. The monoisotopic (exact) mass is 459 g/mol. The molecule has 20 heavy (non-hydrogen) atoms. The maximum absolute atomic E-state index is 5.68. The Hall–Kier alpha value is -0.360. The topological polar surface area (TPSA) is 21.3 Å². The molecule has 0 radical (unpaired) electrons. The summed E-state index contributed by atoms with van der Waals surface area (Å²) in [6.45, 7) is 1.36. The van der Waals surface area contributed by atoms with E-state index in [1.165, 1.54) is 11.1 Å². The van der Waals surface area contributed by atoms with Crippen molar-refractivity contribution < 1.29 is 4.74 Å². The van der Waals surface area contributed by atoms with E-state index in [0.29, 0.717) is 13.2 Å². The van der Waals surface area contributed by atoms with Gasteiger partial charge in [0.05, 0.1) is 24.9 Å². The SMILES string of the molecule is Brc1cc(Br)c(NC2COCc3ccccc32)c(Br)c1. The maximum Gasteiger partial charge on any atom is 0.0752 e. The molecular weight excluding hydrogens is 450 g/mol. The number of anilines is 1. The molecule has 1 unspecified atom stereocenters. The van der Waals surface area contributed by atoms with Crippen LogP contribution in [0.25, 0.3) is 0 Å². The van der Waals surface area contributed by atoms with Gasteiger partial charge in [-0.3, -0.25) is 0 Å². The number of hydrogen-bond donors (Lipinski definition) is 1. The average molecular weight is 462 g/mol. The van der Waals surface area contributed by atoms with E-state index in [-0.39, 0.29) is 6.04 Å². The van der Waals surface area contributed by atoms with Crippen molar-refractivity contribution in [1.82, 2.24) is 0 Å². The summed E-state index contributed by atoms with van der Waals surface area (Å²) in [4.78, 5) is 0. The van der Waals surface area contributed by atoms with Gasteiger partial charge in [-0.25, -0.2) is 0 Å². The zero-order valence-electron chi connectivity index (χ0n) is 10.5. The first-order chi connectivity index (χ1) is 9.65. The molecular formula is C15H12Br3NO. The molecule has 0 spiro atoms. The zero-order chi connectivity index (χ0) is 14.1. The van der Waals surface area contributed by atoms with Gasteiger partial charge >= 0.3 is 0 Å². The van der Waals surface area contributed by atoms with Gasteiger partial charge < -0.3 is 10.1 Å². The van der Waals surface area contributed by atoms with E-state index in [4.69, 9.17) is 4.74 Å². The van der Waals surface area contributed by atoms with E-state index >= 15 is 0 Å². The molecule has 5 heteroatoms. The third-order valence-electron chi connectivity index (χ3n) is 3.30. The molecule has 1 aliphatic rings. The van der Waals surface area contributed by atoms with E-state index in [1.807, 2.05) is 12.1 Å². The van der Waals surface area contributed by atoms with Crippen LogP contribution in [0, 0.1) is 0 Å². The van der Waals surface area contributed by atoms with Crippen LogP contribution < -0.4 is 5.32 Å². The van der Waals surface area contributed by atoms with Gasteiger partial charge in [-0.2, -0.15) is 0 Å². The first kappa shape index (κ1) is 14.6. The third-order valence-corrected chi connectivity index (χ3v) is 5.01. The van der Waals surface area contributed by atoms with Gasteiger partial charge in [0.15, 0.2) is 0 Å². The normalized spacial score (nSPS) is 17.6. The van der Waals surface area contributed by atoms with Gasteiger partial charge in [0.1, 0.15) is 0 Å². The van der Waals surface area contributed by atoms with Crippen LogP contribution in [0.4, 0.5) is 5.69 Å². The zero-order valence-corrected chi connectivity index (χ0v) is 15.3. The summed E-state index contributed by atoms with van der Waals surface area (Å²) in [7, 11) is 0. The highest BCUT2D eigenvalue weighted by Crippen LogP contribution is 2.37. The Morgan fingerprint density at radius 3 is 2.50 bits per heavy atom. The fourth-order valence-electron chi connectivity index (χ4n) is 2.36. The predicted octanol–water partition coefficient (Wildman–Crippen LogP) is 5.66. The lowest BCUT2D eigenvalue weighted by molar-refractivity contribution is 0.0969. The summed E-state index contributed by atoms with van der Waals surface area (Å²) in [5, 5.41) is 3.56. The number of halogens is 3. The van der Waals surface area contributed by atoms with E-state index in [0.717, 1.165) is 19.1 Å². The first-order valence-electron chi connectivity index (χ1n) is 6.22. The van der Waals surface area contributed by atoms with E-state index in [9.17, 15) is 0 Å². The number of benzene rings is 2. The second-order valence-corrected chi connectivity index (χ2v) is 7.28. The van der Waals surface area contributed by atoms with Crippen molar-refractivity contribution in [1.29, 1.82) is 0 Å². The lowest BCUT2D eigenvalue weighted by atomic mass is 9.99. The number of ether oxygens (including phenoxy) is 1. The van der Waals surface area contributed by atoms with Crippen LogP contribution in [-0.2, 0) is 11.3 Å². The van der Waals surface area contributed by atoms with Crippen molar-refractivity contribution in [3.63, 3.8) is 0 Å². The third kappa shape index (κ3) is 2.96. The fourth-order valence-corrected chi connectivity index (χ4v) is 4.84. The van der Waals surface area contributed by atoms with E-state index in [2.05, 4.69) is 77.4 Å². The quantitative estimate of drug-likeness (QED) is 0.623. The van der Waals surface area contributed by atoms with E-state index in [1.54, 1.807) is 0 Å². The van der Waals surface area contributed by atoms with Crippen LogP contribution in [0.15, 0.2) is 49.8 Å². The van der Waals surface area contributed by atoms with Crippen LogP contribution in [0.3, 0.4) is 0 Å². The molecule has 1 atom stereocenters. The van der Waals surface area contributed by atoms with Crippen LogP contribution >= 0.6 is 47.8 Å². The summed E-state index contributed by atoms with van der Waals surface area (Å²) >= 11 is 10.7. The lowest BCUT2D eigenvalue weighted by Gasteiger charge is -2.28. The highest BCUT2D eigenvalue weighted by atomic mass is 79.9. The summed E-state index contributed by atoms with van der Waals surface area (Å²) in [5.41, 5.74) is 3.60. The Labute approximate surface area is 143 Å². The first-order valence-corrected chi connectivity index (χ1v) is 8.59. The molecule has 104 valence electrons. The second-order valence-electron chi connectivity index (χ2n) is 4.66. The van der Waals surface area contributed by atoms with Crippen molar-refractivity contribution in [2.45, 2.75) is 12.6 Å². The van der Waals surface area contributed by atoms with Crippen LogP contribution in [0.5, 0.6) is 0 Å². The molecule has 0 fully saturated rings. The molecule has 0 saturated carbocycles. The van der Waals surface area contributed by atoms with Crippen LogP contribution in [-0.4, -0.2) is 6.61 Å². The second kappa shape index (κ2) is 6.18. The van der Waals surface area contributed by atoms with Gasteiger partial charge in [0.2, 0.25) is 0 Å². The summed E-state index contributed by atoms with van der Waals surface area (Å²) < 4.78 is 8.74. The molecule has 0 amide bonds. The molecule has 3 rings (SSSR count). The number of hydrogen-bond acceptors (Lipinski definition) is 2. The fraction of sp³-hybridized carbons (Fsp3) is 0.200. The maximum atomic E-state index is 5.68. The molecule has 0 aliphatic carbocycles.